The Balaban J connectivity index is 1.37. The molecule has 1 N–H and O–H groups in total. The summed E-state index contributed by atoms with van der Waals surface area (Å²) in [5.74, 6) is 0.257. The predicted octanol–water partition coefficient (Wildman–Crippen LogP) is 5.94. The van der Waals surface area contributed by atoms with Gasteiger partial charge in [0.15, 0.2) is 5.78 Å². The number of dihydropyridines is 1. The van der Waals surface area contributed by atoms with Gasteiger partial charge in [-0.05, 0) is 49.9 Å². The van der Waals surface area contributed by atoms with Gasteiger partial charge in [0.2, 0.25) is 0 Å². The molecule has 7 nitrogen and oxygen atoms in total. The van der Waals surface area contributed by atoms with Gasteiger partial charge in [0.05, 0.1) is 23.9 Å². The van der Waals surface area contributed by atoms with E-state index in [9.17, 15) is 9.59 Å². The minimum Gasteiger partial charge on any atom is -0.489 e. The Morgan fingerprint density at radius 2 is 1.85 bits per heavy atom. The van der Waals surface area contributed by atoms with Gasteiger partial charge in [-0.3, -0.25) is 4.79 Å². The first-order valence-corrected chi connectivity index (χ1v) is 13.9. The van der Waals surface area contributed by atoms with E-state index in [1.165, 1.54) is 0 Å². The average Bonchev–Trinajstić information content (AvgIpc) is 3.70. The zero-order valence-electron chi connectivity index (χ0n) is 22.6. The van der Waals surface area contributed by atoms with Gasteiger partial charge in [0.1, 0.15) is 24.7 Å². The summed E-state index contributed by atoms with van der Waals surface area (Å²) in [7, 11) is 0. The Morgan fingerprint density at radius 1 is 1.02 bits per heavy atom. The number of Topliss-reactive ketones (excluding diaryl/α,β-unsaturated/α-hetero) is 1. The van der Waals surface area contributed by atoms with E-state index < -0.39 is 11.9 Å². The minimum absolute atomic E-state index is 0.0186. The largest absolute Gasteiger partial charge is 0.489 e. The first kappa shape index (κ1) is 26.1. The lowest BCUT2D eigenvalue weighted by atomic mass is 9.72. The number of allylic oxidation sites excluding steroid dienone is 3. The van der Waals surface area contributed by atoms with Gasteiger partial charge in [0, 0.05) is 41.5 Å². The normalized spacial score (nSPS) is 22.6. The standard InChI is InChI=1S/C33H33NO6/c1-21-30(33(36)40-20-24-11-7-15-37-24)31(25-12-5-6-13-29(25)39-19-22-9-3-2-4-10-22)32-26(34-21)17-23(18-27(32)35)28-14-8-16-38-28/h2-6,8-10,12-14,16,23-24,31,34H,7,11,15,17-20H2,1H3/t23-,24+,31-/m1/s1. The molecule has 1 saturated heterocycles. The highest BCUT2D eigenvalue weighted by molar-refractivity contribution is 6.04. The molecular weight excluding hydrogens is 506 g/mol. The lowest BCUT2D eigenvalue weighted by Gasteiger charge is -2.36. The number of rotatable bonds is 8. The Bertz CT molecular complexity index is 1430. The van der Waals surface area contributed by atoms with Crippen LogP contribution in [0, 0.1) is 0 Å². The molecule has 7 heteroatoms. The number of hydrogen-bond donors (Lipinski definition) is 1. The molecule has 0 amide bonds. The highest BCUT2D eigenvalue weighted by atomic mass is 16.6. The van der Waals surface area contributed by atoms with Crippen LogP contribution in [0.1, 0.15) is 61.3 Å². The zero-order chi connectivity index (χ0) is 27.5. The number of esters is 1. The predicted molar refractivity (Wildman–Crippen MR) is 148 cm³/mol. The van der Waals surface area contributed by atoms with Crippen molar-refractivity contribution in [3.8, 4) is 5.75 Å². The fourth-order valence-electron chi connectivity index (χ4n) is 5.95. The maximum absolute atomic E-state index is 13.9. The van der Waals surface area contributed by atoms with Crippen LogP contribution in [0.2, 0.25) is 0 Å². The van der Waals surface area contributed by atoms with E-state index in [0.717, 1.165) is 35.4 Å². The fraction of sp³-hybridized carbons (Fsp3) is 0.333. The number of furan rings is 1. The van der Waals surface area contributed by atoms with Crippen LogP contribution in [0.3, 0.4) is 0 Å². The third-order valence-electron chi connectivity index (χ3n) is 7.88. The molecule has 206 valence electrons. The first-order chi connectivity index (χ1) is 19.6. The maximum Gasteiger partial charge on any atom is 0.336 e. The molecular formula is C33H33NO6. The molecule has 3 aromatic rings. The lowest BCUT2D eigenvalue weighted by molar-refractivity contribution is -0.142. The summed E-state index contributed by atoms with van der Waals surface area (Å²) in [6.45, 7) is 3.11. The van der Waals surface area contributed by atoms with E-state index in [2.05, 4.69) is 5.32 Å². The van der Waals surface area contributed by atoms with Crippen LogP contribution in [-0.2, 0) is 25.7 Å². The molecule has 2 aromatic carbocycles. The summed E-state index contributed by atoms with van der Waals surface area (Å²) >= 11 is 0. The average molecular weight is 540 g/mol. The highest BCUT2D eigenvalue weighted by Gasteiger charge is 2.43. The number of carbonyl (C=O) groups is 2. The number of para-hydroxylation sites is 1. The van der Waals surface area contributed by atoms with Gasteiger partial charge in [0.25, 0.3) is 0 Å². The van der Waals surface area contributed by atoms with E-state index in [-0.39, 0.29) is 24.4 Å². The smallest absolute Gasteiger partial charge is 0.336 e. The molecule has 1 aliphatic carbocycles. The van der Waals surface area contributed by atoms with Crippen molar-refractivity contribution in [3.63, 3.8) is 0 Å². The summed E-state index contributed by atoms with van der Waals surface area (Å²) in [6, 6.07) is 21.3. The number of hydrogen-bond acceptors (Lipinski definition) is 7. The van der Waals surface area contributed by atoms with E-state index in [4.69, 9.17) is 18.6 Å². The van der Waals surface area contributed by atoms with Gasteiger partial charge < -0.3 is 23.9 Å². The van der Waals surface area contributed by atoms with Crippen molar-refractivity contribution in [2.45, 2.75) is 57.2 Å². The summed E-state index contributed by atoms with van der Waals surface area (Å²) in [5.41, 5.74) is 4.30. The van der Waals surface area contributed by atoms with Crippen LogP contribution in [0.25, 0.3) is 0 Å². The van der Waals surface area contributed by atoms with Gasteiger partial charge in [-0.15, -0.1) is 0 Å². The van der Waals surface area contributed by atoms with Crippen LogP contribution in [0.5, 0.6) is 5.75 Å². The molecule has 1 fully saturated rings. The van der Waals surface area contributed by atoms with Crippen molar-refractivity contribution in [2.24, 2.45) is 0 Å². The number of ether oxygens (including phenoxy) is 3. The molecule has 3 atom stereocenters. The number of nitrogens with one attached hydrogen (secondary N) is 1. The fourth-order valence-corrected chi connectivity index (χ4v) is 5.95. The monoisotopic (exact) mass is 539 g/mol. The molecule has 2 aliphatic heterocycles. The zero-order valence-corrected chi connectivity index (χ0v) is 22.6. The van der Waals surface area contributed by atoms with Gasteiger partial charge in [-0.2, -0.15) is 0 Å². The van der Waals surface area contributed by atoms with Gasteiger partial charge in [-0.25, -0.2) is 4.79 Å². The highest BCUT2D eigenvalue weighted by Crippen LogP contribution is 2.47. The number of carbonyl (C=O) groups excluding carboxylic acids is 2. The van der Waals surface area contributed by atoms with Crippen LogP contribution in [0.4, 0.5) is 0 Å². The molecule has 0 radical (unpaired) electrons. The molecule has 6 rings (SSSR count). The van der Waals surface area contributed by atoms with E-state index in [0.29, 0.717) is 48.6 Å². The van der Waals surface area contributed by atoms with E-state index in [1.54, 1.807) is 6.26 Å². The Morgan fingerprint density at radius 3 is 2.62 bits per heavy atom. The maximum atomic E-state index is 13.9. The van der Waals surface area contributed by atoms with Crippen molar-refractivity contribution in [3.05, 3.63) is 112 Å². The third kappa shape index (κ3) is 5.34. The van der Waals surface area contributed by atoms with Crippen molar-refractivity contribution < 1.29 is 28.2 Å². The van der Waals surface area contributed by atoms with E-state index in [1.807, 2.05) is 73.7 Å². The summed E-state index contributed by atoms with van der Waals surface area (Å²) < 4.78 is 23.4. The van der Waals surface area contributed by atoms with Gasteiger partial charge in [-0.1, -0.05) is 48.5 Å². The summed E-state index contributed by atoms with van der Waals surface area (Å²) in [4.78, 5) is 27.6. The third-order valence-corrected chi connectivity index (χ3v) is 7.88. The molecule has 40 heavy (non-hydrogen) atoms. The molecule has 0 bridgehead atoms. The van der Waals surface area contributed by atoms with Crippen LogP contribution in [0.15, 0.2) is 100.0 Å². The van der Waals surface area contributed by atoms with Crippen molar-refractivity contribution in [1.82, 2.24) is 5.32 Å². The molecule has 1 aromatic heterocycles. The number of benzene rings is 2. The SMILES string of the molecule is CC1=C(C(=O)OC[C@@H]2CCCO2)[C@@H](c2ccccc2OCc2ccccc2)C2=C(C[C@@H](c3ccco3)CC2=O)N1. The van der Waals surface area contributed by atoms with Gasteiger partial charge >= 0.3 is 5.97 Å². The molecule has 0 saturated carbocycles. The quantitative estimate of drug-likeness (QED) is 0.355. The van der Waals surface area contributed by atoms with Crippen molar-refractivity contribution >= 4 is 11.8 Å². The number of ketones is 1. The van der Waals surface area contributed by atoms with Crippen LogP contribution < -0.4 is 10.1 Å². The Labute approximate surface area is 233 Å². The van der Waals surface area contributed by atoms with Crippen LogP contribution in [-0.4, -0.2) is 31.1 Å². The topological polar surface area (TPSA) is 87.0 Å². The second-order valence-electron chi connectivity index (χ2n) is 10.6. The molecule has 3 heterocycles. The molecule has 0 unspecified atom stereocenters. The Hall–Kier alpha value is -4.10. The second kappa shape index (κ2) is 11.6. The molecule has 3 aliphatic rings. The summed E-state index contributed by atoms with van der Waals surface area (Å²) in [5, 5.41) is 3.40. The summed E-state index contributed by atoms with van der Waals surface area (Å²) in [6.07, 6.45) is 4.27. The van der Waals surface area contributed by atoms with Crippen LogP contribution >= 0.6 is 0 Å². The van der Waals surface area contributed by atoms with Crippen molar-refractivity contribution in [1.29, 1.82) is 0 Å². The Kier molecular flexibility index (Phi) is 7.55. The lowest BCUT2D eigenvalue weighted by Crippen LogP contribution is -2.36. The first-order valence-electron chi connectivity index (χ1n) is 13.9. The van der Waals surface area contributed by atoms with Crippen molar-refractivity contribution in [2.75, 3.05) is 13.2 Å². The van der Waals surface area contributed by atoms with E-state index >= 15 is 0 Å². The minimum atomic E-state index is -0.620. The molecule has 0 spiro atoms. The second-order valence-corrected chi connectivity index (χ2v) is 10.6.